The van der Waals surface area contributed by atoms with Crippen LogP contribution < -0.4 is 16.6 Å². The fraction of sp³-hybridized carbons (Fsp3) is 0. The van der Waals surface area contributed by atoms with Crippen LogP contribution in [0.4, 0.5) is 16.4 Å². The van der Waals surface area contributed by atoms with Gasteiger partial charge in [0.2, 0.25) is 0 Å². The molecular weight excluding hydrogens is 162 g/mol. The van der Waals surface area contributed by atoms with E-state index < -0.39 is 6.03 Å². The van der Waals surface area contributed by atoms with Gasteiger partial charge in [0.1, 0.15) is 5.82 Å². The Bertz CT molecular complexity index is 294. The predicted molar refractivity (Wildman–Crippen MR) is 42.6 cm³/mol. The van der Waals surface area contributed by atoms with Crippen LogP contribution in [0.1, 0.15) is 0 Å². The van der Waals surface area contributed by atoms with Crippen LogP contribution in [-0.2, 0) is 0 Å². The van der Waals surface area contributed by atoms with Crippen LogP contribution in [0, 0.1) is 4.91 Å². The normalized spacial score (nSPS) is 9.00. The van der Waals surface area contributed by atoms with E-state index >= 15 is 0 Å². The summed E-state index contributed by atoms with van der Waals surface area (Å²) in [4.78, 5) is 22.7. The second-order valence-electron chi connectivity index (χ2n) is 1.96. The van der Waals surface area contributed by atoms with E-state index in [9.17, 15) is 9.70 Å². The highest BCUT2D eigenvalue weighted by atomic mass is 16.3. The monoisotopic (exact) mass is 169 g/mol. The minimum atomic E-state index is -0.717. The van der Waals surface area contributed by atoms with Gasteiger partial charge in [-0.15, -0.1) is 4.91 Å². The molecule has 2 amide bonds. The lowest BCUT2D eigenvalue weighted by Gasteiger charge is -2.01. The fourth-order valence-electron chi connectivity index (χ4n) is 0.639. The van der Waals surface area contributed by atoms with Gasteiger partial charge in [0.25, 0.3) is 0 Å². The molecule has 1 rings (SSSR count). The van der Waals surface area contributed by atoms with Crippen molar-refractivity contribution in [3.8, 4) is 0 Å². The molecule has 0 aromatic carbocycles. The second kappa shape index (κ2) is 3.37. The van der Waals surface area contributed by atoms with Gasteiger partial charge in [-0.2, -0.15) is 0 Å². The Hall–Kier alpha value is -2.05. The maximum Gasteiger partial charge on any atom is 0.330 e. The van der Waals surface area contributed by atoms with Crippen molar-refractivity contribution in [2.24, 2.45) is 10.9 Å². The molecule has 0 fully saturated rings. The number of aromatic amines is 1. The molecule has 1 heterocycles. The molecule has 0 saturated heterocycles. The van der Waals surface area contributed by atoms with Crippen molar-refractivity contribution in [1.82, 2.24) is 10.4 Å². The molecule has 5 N–H and O–H groups in total. The summed E-state index contributed by atoms with van der Waals surface area (Å²) >= 11 is 0. The predicted octanol–water partition coefficient (Wildman–Crippen LogP) is 0.408. The van der Waals surface area contributed by atoms with Gasteiger partial charge in [0.15, 0.2) is 5.82 Å². The van der Waals surface area contributed by atoms with E-state index in [1.807, 2.05) is 0 Å². The van der Waals surface area contributed by atoms with E-state index in [2.05, 4.69) is 21.0 Å². The van der Waals surface area contributed by atoms with Crippen LogP contribution in [0.5, 0.6) is 0 Å². The zero-order chi connectivity index (χ0) is 8.97. The Kier molecular flexibility index (Phi) is 2.26. The van der Waals surface area contributed by atoms with E-state index in [0.29, 0.717) is 5.82 Å². The number of hydrogen-bond donors (Lipinski definition) is 4. The van der Waals surface area contributed by atoms with Crippen molar-refractivity contribution in [2.45, 2.75) is 0 Å². The molecule has 7 nitrogen and oxygen atoms in total. The molecule has 0 radical (unpaired) electrons. The number of carbonyl (C=O) groups is 1. The molecule has 0 bridgehead atoms. The number of aromatic nitrogens is 1. The highest BCUT2D eigenvalue weighted by molar-refractivity contribution is 5.73. The molecule has 0 unspecified atom stereocenters. The van der Waals surface area contributed by atoms with Gasteiger partial charge >= 0.3 is 6.03 Å². The Morgan fingerprint density at radius 2 is 2.33 bits per heavy atom. The molecule has 64 valence electrons. The van der Waals surface area contributed by atoms with Gasteiger partial charge in [-0.3, -0.25) is 10.9 Å². The molecule has 0 atom stereocenters. The first-order valence-electron chi connectivity index (χ1n) is 3.06. The molecule has 1 aromatic heterocycles. The first-order chi connectivity index (χ1) is 5.72. The molecule has 1 aromatic rings. The highest BCUT2D eigenvalue weighted by Crippen LogP contribution is 2.12. The number of nitrogens with zero attached hydrogens (tertiary/aromatic N) is 1. The summed E-state index contributed by atoms with van der Waals surface area (Å²) in [6.45, 7) is 0. The molecule has 0 spiro atoms. The number of amides is 2. The SMILES string of the molecule is NC(=O)NNc1ccc(N=O)[nH]1. The van der Waals surface area contributed by atoms with E-state index in [-0.39, 0.29) is 5.82 Å². The summed E-state index contributed by atoms with van der Waals surface area (Å²) < 4.78 is 0. The van der Waals surface area contributed by atoms with Crippen LogP contribution in [0.15, 0.2) is 17.3 Å². The summed E-state index contributed by atoms with van der Waals surface area (Å²) in [5.74, 6) is 0.604. The standard InChI is InChI=1S/C5H7N5O2/c6-5(11)9-8-3-1-2-4(7-3)10-12/h1-2,7-8H,(H3,6,9,11). The number of anilines is 1. The van der Waals surface area contributed by atoms with Gasteiger partial charge in [-0.25, -0.2) is 4.79 Å². The lowest BCUT2D eigenvalue weighted by atomic mass is 10.6. The van der Waals surface area contributed by atoms with Gasteiger partial charge in [0, 0.05) is 0 Å². The van der Waals surface area contributed by atoms with Gasteiger partial charge in [-0.1, -0.05) is 0 Å². The smallest absolute Gasteiger partial charge is 0.330 e. The Morgan fingerprint density at radius 1 is 1.58 bits per heavy atom. The van der Waals surface area contributed by atoms with E-state index in [0.717, 1.165) is 0 Å². The molecule has 12 heavy (non-hydrogen) atoms. The fourth-order valence-corrected chi connectivity index (χ4v) is 0.639. The van der Waals surface area contributed by atoms with Crippen molar-refractivity contribution in [2.75, 3.05) is 5.43 Å². The van der Waals surface area contributed by atoms with Gasteiger partial charge in [0.05, 0.1) is 0 Å². The molecular formula is C5H7N5O2. The van der Waals surface area contributed by atoms with Crippen LogP contribution in [0.2, 0.25) is 0 Å². The van der Waals surface area contributed by atoms with Crippen molar-refractivity contribution >= 4 is 17.7 Å². The average Bonchev–Trinajstić information content (AvgIpc) is 2.48. The number of urea groups is 1. The number of primary amides is 1. The summed E-state index contributed by atoms with van der Waals surface area (Å²) in [5.41, 5.74) is 9.30. The number of hydrazine groups is 1. The molecule has 7 heteroatoms. The largest absolute Gasteiger partial charge is 0.350 e. The first-order valence-corrected chi connectivity index (χ1v) is 3.06. The maximum atomic E-state index is 10.2. The zero-order valence-electron chi connectivity index (χ0n) is 6.00. The number of nitroso groups, excluding NO2 is 1. The third-order valence-corrected chi connectivity index (χ3v) is 1.09. The van der Waals surface area contributed by atoms with Crippen molar-refractivity contribution < 1.29 is 4.79 Å². The number of H-pyrrole nitrogens is 1. The summed E-state index contributed by atoms with van der Waals surface area (Å²) in [6, 6.07) is 2.27. The lowest BCUT2D eigenvalue weighted by molar-refractivity contribution is 0.250. The Balaban J connectivity index is 2.52. The minimum Gasteiger partial charge on any atom is -0.350 e. The van der Waals surface area contributed by atoms with E-state index in [1.165, 1.54) is 12.1 Å². The Morgan fingerprint density at radius 3 is 2.83 bits per heavy atom. The van der Waals surface area contributed by atoms with Crippen molar-refractivity contribution in [1.29, 1.82) is 0 Å². The third-order valence-electron chi connectivity index (χ3n) is 1.09. The molecule has 0 aliphatic rings. The summed E-state index contributed by atoms with van der Waals surface area (Å²) in [5, 5.41) is 2.63. The number of nitrogens with one attached hydrogen (secondary N) is 3. The quantitative estimate of drug-likeness (QED) is 0.388. The molecule has 0 aliphatic carbocycles. The Labute approximate surface area is 67.3 Å². The topological polar surface area (TPSA) is 112 Å². The minimum absolute atomic E-state index is 0.170. The van der Waals surface area contributed by atoms with Crippen molar-refractivity contribution in [3.63, 3.8) is 0 Å². The molecule has 0 saturated carbocycles. The molecule has 0 aliphatic heterocycles. The van der Waals surface area contributed by atoms with Gasteiger partial charge in [-0.05, 0) is 17.3 Å². The highest BCUT2D eigenvalue weighted by Gasteiger charge is 1.97. The first kappa shape index (κ1) is 8.05. The lowest BCUT2D eigenvalue weighted by Crippen LogP contribution is -2.34. The third kappa shape index (κ3) is 1.97. The average molecular weight is 169 g/mol. The van der Waals surface area contributed by atoms with Crippen molar-refractivity contribution in [3.05, 3.63) is 17.0 Å². The summed E-state index contributed by atoms with van der Waals surface area (Å²) in [6.07, 6.45) is 0. The van der Waals surface area contributed by atoms with Crippen LogP contribution in [0.3, 0.4) is 0 Å². The maximum absolute atomic E-state index is 10.2. The number of hydrogen-bond acceptors (Lipinski definition) is 4. The van der Waals surface area contributed by atoms with Crippen LogP contribution in [0.25, 0.3) is 0 Å². The summed E-state index contributed by atoms with van der Waals surface area (Å²) in [7, 11) is 0. The van der Waals surface area contributed by atoms with E-state index in [1.54, 1.807) is 0 Å². The number of carbonyl (C=O) groups excluding carboxylic acids is 1. The zero-order valence-corrected chi connectivity index (χ0v) is 6.00. The van der Waals surface area contributed by atoms with Crippen LogP contribution >= 0.6 is 0 Å². The second-order valence-corrected chi connectivity index (χ2v) is 1.96. The van der Waals surface area contributed by atoms with E-state index in [4.69, 9.17) is 5.73 Å². The van der Waals surface area contributed by atoms with Crippen LogP contribution in [-0.4, -0.2) is 11.0 Å². The van der Waals surface area contributed by atoms with Gasteiger partial charge < -0.3 is 10.7 Å². The number of nitrogens with two attached hydrogens (primary N) is 1. The number of rotatable bonds is 3.